The van der Waals surface area contributed by atoms with Gasteiger partial charge in [-0.25, -0.2) is 0 Å². The number of nitrogens with zero attached hydrogens (tertiary/aromatic N) is 1. The van der Waals surface area contributed by atoms with Gasteiger partial charge in [0.05, 0.1) is 11.6 Å². The van der Waals surface area contributed by atoms with Crippen LogP contribution in [0.5, 0.6) is 0 Å². The molecule has 2 heteroatoms. The number of benzene rings is 1. The second-order valence-corrected chi connectivity index (χ2v) is 5.94. The number of hydrogen-bond acceptors (Lipinski definition) is 2. The van der Waals surface area contributed by atoms with E-state index in [2.05, 4.69) is 36.2 Å². The van der Waals surface area contributed by atoms with Crippen molar-refractivity contribution in [1.82, 2.24) is 4.98 Å². The Morgan fingerprint density at radius 1 is 1.21 bits per heavy atom. The molecule has 1 aromatic carbocycles. The fraction of sp³-hybridized carbons (Fsp3) is 0.471. The summed E-state index contributed by atoms with van der Waals surface area (Å²) in [7, 11) is 0. The lowest BCUT2D eigenvalue weighted by molar-refractivity contribution is 0.0521. The van der Waals surface area contributed by atoms with Gasteiger partial charge in [0.2, 0.25) is 0 Å². The molecule has 3 rings (SSSR count). The summed E-state index contributed by atoms with van der Waals surface area (Å²) in [6.45, 7) is 2.29. The Bertz CT molecular complexity index is 561. The zero-order valence-electron chi connectivity index (χ0n) is 11.4. The van der Waals surface area contributed by atoms with Gasteiger partial charge in [0, 0.05) is 11.6 Å². The summed E-state index contributed by atoms with van der Waals surface area (Å²) in [5, 5.41) is 11.4. The summed E-state index contributed by atoms with van der Waals surface area (Å²) in [6, 6.07) is 10.4. The fourth-order valence-electron chi connectivity index (χ4n) is 3.32. The molecular formula is C17H21NO. The molecule has 1 aliphatic carbocycles. The molecule has 1 heterocycles. The maximum atomic E-state index is 10.2. The highest BCUT2D eigenvalue weighted by atomic mass is 16.3. The van der Waals surface area contributed by atoms with E-state index in [9.17, 15) is 5.11 Å². The fourth-order valence-corrected chi connectivity index (χ4v) is 3.32. The van der Waals surface area contributed by atoms with E-state index >= 15 is 0 Å². The van der Waals surface area contributed by atoms with Crippen LogP contribution in [0.4, 0.5) is 0 Å². The Hall–Kier alpha value is -1.41. The van der Waals surface area contributed by atoms with E-state index in [1.807, 2.05) is 12.3 Å². The highest BCUT2D eigenvalue weighted by Gasteiger charge is 2.27. The highest BCUT2D eigenvalue weighted by molar-refractivity contribution is 5.81. The van der Waals surface area contributed by atoms with Crippen molar-refractivity contribution in [3.8, 4) is 0 Å². The number of aromatic nitrogens is 1. The Balaban J connectivity index is 1.88. The third-order valence-electron chi connectivity index (χ3n) is 4.40. The Morgan fingerprint density at radius 3 is 2.95 bits per heavy atom. The van der Waals surface area contributed by atoms with Crippen LogP contribution in [0, 0.1) is 11.8 Å². The summed E-state index contributed by atoms with van der Waals surface area (Å²) >= 11 is 0. The molecule has 0 aliphatic heterocycles. The van der Waals surface area contributed by atoms with Gasteiger partial charge in [-0.3, -0.25) is 4.98 Å². The first-order chi connectivity index (χ1) is 9.24. The van der Waals surface area contributed by atoms with Crippen molar-refractivity contribution in [2.24, 2.45) is 11.8 Å². The largest absolute Gasteiger partial charge is 0.393 e. The van der Waals surface area contributed by atoms with Crippen LogP contribution in [-0.4, -0.2) is 16.2 Å². The normalized spacial score (nSPS) is 27.6. The number of fused-ring (bicyclic) bond motifs is 1. The van der Waals surface area contributed by atoms with Crippen molar-refractivity contribution >= 4 is 10.9 Å². The molecule has 1 aromatic heterocycles. The molecule has 0 bridgehead atoms. The first-order valence-electron chi connectivity index (χ1n) is 7.24. The number of rotatable bonds is 2. The maximum Gasteiger partial charge on any atom is 0.0734 e. The van der Waals surface area contributed by atoms with Gasteiger partial charge in [0.15, 0.2) is 0 Å². The number of aliphatic hydroxyl groups is 1. The van der Waals surface area contributed by atoms with Gasteiger partial charge in [-0.1, -0.05) is 31.2 Å². The monoisotopic (exact) mass is 255 g/mol. The van der Waals surface area contributed by atoms with Crippen LogP contribution in [0.3, 0.4) is 0 Å². The first-order valence-corrected chi connectivity index (χ1v) is 7.24. The molecule has 1 fully saturated rings. The van der Waals surface area contributed by atoms with E-state index in [0.717, 1.165) is 37.1 Å². The molecular weight excluding hydrogens is 234 g/mol. The van der Waals surface area contributed by atoms with Crippen molar-refractivity contribution in [1.29, 1.82) is 0 Å². The van der Waals surface area contributed by atoms with Crippen LogP contribution in [0.25, 0.3) is 10.9 Å². The lowest BCUT2D eigenvalue weighted by atomic mass is 9.77. The van der Waals surface area contributed by atoms with Gasteiger partial charge < -0.3 is 5.11 Å². The average Bonchev–Trinajstić information content (AvgIpc) is 2.43. The lowest BCUT2D eigenvalue weighted by Crippen LogP contribution is -2.29. The summed E-state index contributed by atoms with van der Waals surface area (Å²) in [5.74, 6) is 1.12. The Labute approximate surface area is 114 Å². The molecule has 0 radical (unpaired) electrons. The van der Waals surface area contributed by atoms with E-state index < -0.39 is 0 Å². The smallest absolute Gasteiger partial charge is 0.0734 e. The van der Waals surface area contributed by atoms with Crippen LogP contribution in [0.2, 0.25) is 0 Å². The zero-order chi connectivity index (χ0) is 13.2. The summed E-state index contributed by atoms with van der Waals surface area (Å²) < 4.78 is 0. The van der Waals surface area contributed by atoms with Gasteiger partial charge in [0.25, 0.3) is 0 Å². The predicted molar refractivity (Wildman–Crippen MR) is 78.0 cm³/mol. The molecule has 2 nitrogen and oxygen atoms in total. The lowest BCUT2D eigenvalue weighted by Gasteiger charge is -2.31. The number of pyridine rings is 1. The van der Waals surface area contributed by atoms with Crippen molar-refractivity contribution in [3.05, 3.63) is 42.1 Å². The molecule has 1 N–H and O–H groups in total. The maximum absolute atomic E-state index is 10.2. The van der Waals surface area contributed by atoms with Crippen LogP contribution >= 0.6 is 0 Å². The Kier molecular flexibility index (Phi) is 3.52. The summed E-state index contributed by atoms with van der Waals surface area (Å²) in [6.07, 6.45) is 5.89. The molecule has 2 aromatic rings. The minimum atomic E-state index is -0.143. The quantitative estimate of drug-likeness (QED) is 0.889. The van der Waals surface area contributed by atoms with Crippen LogP contribution in [0.15, 0.2) is 36.5 Å². The third kappa shape index (κ3) is 2.64. The van der Waals surface area contributed by atoms with E-state index in [1.54, 1.807) is 0 Å². The van der Waals surface area contributed by atoms with Crippen LogP contribution in [0.1, 0.15) is 31.7 Å². The summed E-state index contributed by atoms with van der Waals surface area (Å²) in [4.78, 5) is 4.51. The van der Waals surface area contributed by atoms with Crippen LogP contribution < -0.4 is 0 Å². The number of aliphatic hydroxyl groups excluding tert-OH is 1. The van der Waals surface area contributed by atoms with E-state index in [1.165, 1.54) is 10.9 Å². The molecule has 0 spiro atoms. The minimum Gasteiger partial charge on any atom is -0.393 e. The molecule has 100 valence electrons. The average molecular weight is 255 g/mol. The summed E-state index contributed by atoms with van der Waals surface area (Å²) in [5.41, 5.74) is 2.37. The van der Waals surface area contributed by atoms with Crippen molar-refractivity contribution in [2.75, 3.05) is 0 Å². The molecule has 3 unspecified atom stereocenters. The van der Waals surface area contributed by atoms with Crippen molar-refractivity contribution < 1.29 is 5.11 Å². The van der Waals surface area contributed by atoms with E-state index in [4.69, 9.17) is 0 Å². The number of hydrogen-bond donors (Lipinski definition) is 1. The standard InChI is InChI=1S/C17H21NO/c1-12-7-8-16(19)15(10-12)11-14-5-2-4-13-6-3-9-18-17(13)14/h2-6,9,12,15-16,19H,7-8,10-11H2,1H3. The zero-order valence-corrected chi connectivity index (χ0v) is 11.4. The topological polar surface area (TPSA) is 33.1 Å². The van der Waals surface area contributed by atoms with Crippen molar-refractivity contribution in [3.63, 3.8) is 0 Å². The number of para-hydroxylation sites is 1. The minimum absolute atomic E-state index is 0.143. The van der Waals surface area contributed by atoms with Crippen LogP contribution in [-0.2, 0) is 6.42 Å². The predicted octanol–water partition coefficient (Wildman–Crippen LogP) is 3.57. The van der Waals surface area contributed by atoms with Gasteiger partial charge in [-0.15, -0.1) is 0 Å². The second kappa shape index (κ2) is 5.30. The van der Waals surface area contributed by atoms with E-state index in [0.29, 0.717) is 5.92 Å². The highest BCUT2D eigenvalue weighted by Crippen LogP contribution is 2.32. The molecule has 3 atom stereocenters. The van der Waals surface area contributed by atoms with Gasteiger partial charge >= 0.3 is 0 Å². The molecule has 0 saturated heterocycles. The molecule has 1 saturated carbocycles. The molecule has 19 heavy (non-hydrogen) atoms. The SMILES string of the molecule is CC1CCC(O)C(Cc2cccc3cccnc23)C1. The molecule has 0 amide bonds. The van der Waals surface area contributed by atoms with Gasteiger partial charge in [0.1, 0.15) is 0 Å². The second-order valence-electron chi connectivity index (χ2n) is 5.94. The van der Waals surface area contributed by atoms with Gasteiger partial charge in [-0.05, 0) is 49.1 Å². The molecule has 1 aliphatic rings. The Morgan fingerprint density at radius 2 is 2.05 bits per heavy atom. The van der Waals surface area contributed by atoms with E-state index in [-0.39, 0.29) is 6.10 Å². The van der Waals surface area contributed by atoms with Gasteiger partial charge in [-0.2, -0.15) is 0 Å². The third-order valence-corrected chi connectivity index (χ3v) is 4.40. The first kappa shape index (κ1) is 12.6. The van der Waals surface area contributed by atoms with Crippen molar-refractivity contribution in [2.45, 2.75) is 38.7 Å².